The van der Waals surface area contributed by atoms with Crippen molar-refractivity contribution in [1.29, 1.82) is 0 Å². The molecule has 0 aliphatic rings. The van der Waals surface area contributed by atoms with Gasteiger partial charge < -0.3 is 9.84 Å². The number of carbonyl (C=O) groups is 1. The maximum Gasteiger partial charge on any atom is 0.333 e. The van der Waals surface area contributed by atoms with Gasteiger partial charge in [0, 0.05) is 5.57 Å². The molecular formula is C18H18O3. The average molecular weight is 282 g/mol. The van der Waals surface area contributed by atoms with E-state index in [0.717, 1.165) is 22.3 Å². The number of benzene rings is 2. The molecule has 0 unspecified atom stereocenters. The Labute approximate surface area is 124 Å². The molecule has 0 aliphatic heterocycles. The third-order valence-corrected chi connectivity index (χ3v) is 3.12. The molecule has 0 atom stereocenters. The first-order valence-corrected chi connectivity index (χ1v) is 6.72. The summed E-state index contributed by atoms with van der Waals surface area (Å²) in [6, 6.07) is 15.5. The fourth-order valence-corrected chi connectivity index (χ4v) is 1.92. The summed E-state index contributed by atoms with van der Waals surface area (Å²) in [5.74, 6) is -0.382. The lowest BCUT2D eigenvalue weighted by Crippen LogP contribution is -2.04. The molecule has 3 heteroatoms. The smallest absolute Gasteiger partial charge is 0.333 e. The molecule has 0 saturated carbocycles. The molecule has 21 heavy (non-hydrogen) atoms. The molecule has 0 fully saturated rings. The average Bonchev–Trinajstić information content (AvgIpc) is 2.53. The topological polar surface area (TPSA) is 46.5 Å². The van der Waals surface area contributed by atoms with E-state index in [1.54, 1.807) is 6.92 Å². The van der Waals surface area contributed by atoms with Crippen molar-refractivity contribution in [3.05, 3.63) is 71.8 Å². The number of carbonyl (C=O) groups excluding carboxylic acids is 1. The zero-order valence-corrected chi connectivity index (χ0v) is 12.0. The normalized spacial score (nSPS) is 10.2. The van der Waals surface area contributed by atoms with Gasteiger partial charge in [0.15, 0.2) is 0 Å². The quantitative estimate of drug-likeness (QED) is 0.674. The van der Waals surface area contributed by atoms with E-state index in [-0.39, 0.29) is 19.2 Å². The fourth-order valence-electron chi connectivity index (χ4n) is 1.92. The number of aliphatic hydroxyl groups is 1. The van der Waals surface area contributed by atoms with Crippen LogP contribution in [0.4, 0.5) is 0 Å². The number of aliphatic hydroxyl groups excluding tert-OH is 1. The molecule has 108 valence electrons. The van der Waals surface area contributed by atoms with Crippen molar-refractivity contribution in [2.45, 2.75) is 20.1 Å². The van der Waals surface area contributed by atoms with Crippen LogP contribution in [-0.4, -0.2) is 11.1 Å². The molecule has 0 bridgehead atoms. The molecule has 2 aromatic rings. The molecule has 0 aliphatic carbocycles. The van der Waals surface area contributed by atoms with Gasteiger partial charge in [-0.3, -0.25) is 0 Å². The van der Waals surface area contributed by atoms with Crippen LogP contribution in [0.25, 0.3) is 11.1 Å². The number of esters is 1. The van der Waals surface area contributed by atoms with Crippen LogP contribution in [0.15, 0.2) is 60.7 Å². The van der Waals surface area contributed by atoms with E-state index < -0.39 is 0 Å². The third kappa shape index (κ3) is 4.04. The largest absolute Gasteiger partial charge is 0.457 e. The first kappa shape index (κ1) is 15.0. The monoisotopic (exact) mass is 282 g/mol. The zero-order chi connectivity index (χ0) is 15.2. The third-order valence-electron chi connectivity index (χ3n) is 3.12. The maximum absolute atomic E-state index is 11.4. The van der Waals surface area contributed by atoms with E-state index in [9.17, 15) is 4.79 Å². The lowest BCUT2D eigenvalue weighted by molar-refractivity contribution is -0.140. The number of rotatable bonds is 5. The van der Waals surface area contributed by atoms with Gasteiger partial charge in [-0.15, -0.1) is 0 Å². The van der Waals surface area contributed by atoms with Crippen LogP contribution in [0.1, 0.15) is 18.1 Å². The minimum Gasteiger partial charge on any atom is -0.457 e. The summed E-state index contributed by atoms with van der Waals surface area (Å²) < 4.78 is 5.15. The van der Waals surface area contributed by atoms with E-state index in [1.807, 2.05) is 48.5 Å². The van der Waals surface area contributed by atoms with Crippen LogP contribution in [0.2, 0.25) is 0 Å². The molecule has 2 rings (SSSR count). The summed E-state index contributed by atoms with van der Waals surface area (Å²) in [6.45, 7) is 5.45. The molecule has 2 aromatic carbocycles. The van der Waals surface area contributed by atoms with Crippen molar-refractivity contribution in [1.82, 2.24) is 0 Å². The van der Waals surface area contributed by atoms with E-state index in [2.05, 4.69) is 6.58 Å². The van der Waals surface area contributed by atoms with Crippen molar-refractivity contribution in [2.24, 2.45) is 0 Å². The van der Waals surface area contributed by atoms with E-state index in [1.165, 1.54) is 0 Å². The Hall–Kier alpha value is -2.39. The summed E-state index contributed by atoms with van der Waals surface area (Å²) in [4.78, 5) is 11.4. The van der Waals surface area contributed by atoms with Crippen molar-refractivity contribution < 1.29 is 14.6 Å². The molecule has 0 aromatic heterocycles. The second kappa shape index (κ2) is 6.86. The molecule has 0 spiro atoms. The molecule has 1 N–H and O–H groups in total. The van der Waals surface area contributed by atoms with Crippen LogP contribution in [0.3, 0.4) is 0 Å². The number of ether oxygens (including phenoxy) is 1. The second-order valence-corrected chi connectivity index (χ2v) is 4.91. The number of hydrogen-bond donors (Lipinski definition) is 1. The Morgan fingerprint density at radius 2 is 1.81 bits per heavy atom. The van der Waals surface area contributed by atoms with Gasteiger partial charge >= 0.3 is 5.97 Å². The van der Waals surface area contributed by atoms with Crippen LogP contribution in [0, 0.1) is 0 Å². The minimum atomic E-state index is -0.382. The molecular weight excluding hydrogens is 264 g/mol. The fraction of sp³-hybridized carbons (Fsp3) is 0.167. The Balaban J connectivity index is 2.13. The van der Waals surface area contributed by atoms with E-state index in [4.69, 9.17) is 9.84 Å². The SMILES string of the molecule is C=C(C)C(=O)OCc1cccc(-c2ccc(CO)cc2)c1. The first-order chi connectivity index (χ1) is 10.1. The highest BCUT2D eigenvalue weighted by Gasteiger charge is 2.05. The van der Waals surface area contributed by atoms with Crippen LogP contribution in [-0.2, 0) is 22.7 Å². The van der Waals surface area contributed by atoms with Gasteiger partial charge in [0.1, 0.15) is 6.61 Å². The summed E-state index contributed by atoms with van der Waals surface area (Å²) in [5.41, 5.74) is 4.30. The van der Waals surface area contributed by atoms with Crippen molar-refractivity contribution in [3.8, 4) is 11.1 Å². The number of hydrogen-bond acceptors (Lipinski definition) is 3. The minimum absolute atomic E-state index is 0.0389. The van der Waals surface area contributed by atoms with Gasteiger partial charge in [-0.05, 0) is 35.2 Å². The van der Waals surface area contributed by atoms with Crippen molar-refractivity contribution in [2.75, 3.05) is 0 Å². The second-order valence-electron chi connectivity index (χ2n) is 4.91. The Bertz CT molecular complexity index is 642. The highest BCUT2D eigenvalue weighted by Crippen LogP contribution is 2.21. The standard InChI is InChI=1S/C18H18O3/c1-13(2)18(20)21-12-15-4-3-5-17(10-15)16-8-6-14(11-19)7-9-16/h3-10,19H,1,11-12H2,2H3. The van der Waals surface area contributed by atoms with Crippen LogP contribution in [0.5, 0.6) is 0 Å². The highest BCUT2D eigenvalue weighted by atomic mass is 16.5. The van der Waals surface area contributed by atoms with Crippen LogP contribution < -0.4 is 0 Å². The van der Waals surface area contributed by atoms with Gasteiger partial charge in [-0.25, -0.2) is 4.79 Å². The van der Waals surface area contributed by atoms with Crippen molar-refractivity contribution >= 4 is 5.97 Å². The lowest BCUT2D eigenvalue weighted by atomic mass is 10.0. The van der Waals surface area contributed by atoms with Crippen molar-refractivity contribution in [3.63, 3.8) is 0 Å². The molecule has 3 nitrogen and oxygen atoms in total. The molecule has 0 amide bonds. The zero-order valence-electron chi connectivity index (χ0n) is 12.0. The van der Waals surface area contributed by atoms with Gasteiger partial charge in [0.2, 0.25) is 0 Å². The Kier molecular flexibility index (Phi) is 4.90. The van der Waals surface area contributed by atoms with Gasteiger partial charge in [0.25, 0.3) is 0 Å². The van der Waals surface area contributed by atoms with Crippen LogP contribution >= 0.6 is 0 Å². The Morgan fingerprint density at radius 1 is 1.10 bits per heavy atom. The maximum atomic E-state index is 11.4. The summed E-state index contributed by atoms with van der Waals surface area (Å²) >= 11 is 0. The lowest BCUT2D eigenvalue weighted by Gasteiger charge is -2.07. The predicted molar refractivity (Wildman–Crippen MR) is 82.4 cm³/mol. The van der Waals surface area contributed by atoms with Gasteiger partial charge in [-0.2, -0.15) is 0 Å². The summed E-state index contributed by atoms with van der Waals surface area (Å²) in [5, 5.41) is 9.05. The van der Waals surface area contributed by atoms with Gasteiger partial charge in [0.05, 0.1) is 6.61 Å². The highest BCUT2D eigenvalue weighted by molar-refractivity contribution is 5.86. The van der Waals surface area contributed by atoms with E-state index in [0.29, 0.717) is 5.57 Å². The molecule has 0 heterocycles. The summed E-state index contributed by atoms with van der Waals surface area (Å²) in [6.07, 6.45) is 0. The Morgan fingerprint density at radius 3 is 2.43 bits per heavy atom. The predicted octanol–water partition coefficient (Wildman–Crippen LogP) is 3.47. The molecule has 0 saturated heterocycles. The first-order valence-electron chi connectivity index (χ1n) is 6.72. The van der Waals surface area contributed by atoms with E-state index >= 15 is 0 Å². The molecule has 0 radical (unpaired) electrons. The van der Waals surface area contributed by atoms with Gasteiger partial charge in [-0.1, -0.05) is 49.0 Å². The summed E-state index contributed by atoms with van der Waals surface area (Å²) in [7, 11) is 0.